The maximum atomic E-state index is 2.55. The molecule has 13 aromatic rings. The highest BCUT2D eigenvalue weighted by molar-refractivity contribution is 6.13. The van der Waals surface area contributed by atoms with Gasteiger partial charge < -0.3 is 9.47 Å². The molecule has 0 saturated carbocycles. The van der Waals surface area contributed by atoms with Gasteiger partial charge in [-0.25, -0.2) is 0 Å². The van der Waals surface area contributed by atoms with Gasteiger partial charge in [-0.2, -0.15) is 0 Å². The minimum Gasteiger partial charge on any atom is -0.310 e. The summed E-state index contributed by atoms with van der Waals surface area (Å²) in [5.41, 5.74) is 21.3. The van der Waals surface area contributed by atoms with Crippen LogP contribution in [0.5, 0.6) is 0 Å². The Bertz CT molecular complexity index is 4360. The molecule has 334 valence electrons. The van der Waals surface area contributed by atoms with Crippen molar-refractivity contribution in [3.63, 3.8) is 0 Å². The Morgan fingerprint density at radius 2 is 0.847 bits per heavy atom. The smallest absolute Gasteiger partial charge is 0.0755 e. The highest BCUT2D eigenvalue weighted by atomic mass is 15.1. The van der Waals surface area contributed by atoms with Crippen LogP contribution in [0.4, 0.5) is 17.1 Å². The summed E-state index contributed by atoms with van der Waals surface area (Å²) in [4.78, 5) is 2.55. The van der Waals surface area contributed by atoms with Gasteiger partial charge in [-0.05, 0) is 125 Å². The third-order valence-corrected chi connectivity index (χ3v) is 16.6. The zero-order valence-corrected chi connectivity index (χ0v) is 39.3. The van der Waals surface area contributed by atoms with E-state index in [-0.39, 0.29) is 0 Å². The van der Waals surface area contributed by atoms with Crippen molar-refractivity contribution in [2.45, 2.75) is 10.8 Å². The molecule has 3 aliphatic rings. The van der Waals surface area contributed by atoms with Crippen LogP contribution in [0.2, 0.25) is 0 Å². The van der Waals surface area contributed by atoms with E-state index in [2.05, 4.69) is 276 Å². The molecule has 72 heavy (non-hydrogen) atoms. The van der Waals surface area contributed by atoms with E-state index in [0.29, 0.717) is 0 Å². The number of para-hydroxylation sites is 3. The third kappa shape index (κ3) is 4.98. The maximum absolute atomic E-state index is 2.55. The molecule has 1 unspecified atom stereocenters. The zero-order chi connectivity index (χ0) is 47.1. The number of fused-ring (bicyclic) bond motifs is 18. The van der Waals surface area contributed by atoms with Gasteiger partial charge in [0.1, 0.15) is 0 Å². The van der Waals surface area contributed by atoms with E-state index in [1.807, 2.05) is 0 Å². The largest absolute Gasteiger partial charge is 0.310 e. The van der Waals surface area contributed by atoms with E-state index in [9.17, 15) is 0 Å². The lowest BCUT2D eigenvalue weighted by molar-refractivity contribution is 0.748. The first-order valence-electron chi connectivity index (χ1n) is 25.2. The van der Waals surface area contributed by atoms with Gasteiger partial charge in [0, 0.05) is 27.5 Å². The molecule has 1 atom stereocenters. The molecule has 2 nitrogen and oxygen atoms in total. The van der Waals surface area contributed by atoms with E-state index < -0.39 is 10.8 Å². The lowest BCUT2D eigenvalue weighted by Crippen LogP contribution is -2.33. The Morgan fingerprint density at radius 1 is 0.306 bits per heavy atom. The van der Waals surface area contributed by atoms with E-state index >= 15 is 0 Å². The van der Waals surface area contributed by atoms with Gasteiger partial charge in [-0.3, -0.25) is 0 Å². The maximum Gasteiger partial charge on any atom is 0.0755 e. The second-order valence-corrected chi connectivity index (χ2v) is 19.9. The molecule has 0 bridgehead atoms. The molecular formula is C70H44N2. The van der Waals surface area contributed by atoms with Crippen molar-refractivity contribution in [2.75, 3.05) is 4.90 Å². The van der Waals surface area contributed by atoms with Crippen molar-refractivity contribution in [3.05, 3.63) is 311 Å². The van der Waals surface area contributed by atoms with E-state index in [0.717, 1.165) is 17.1 Å². The standard InChI is InChI=1S/C70H44N2/c1-3-22-47(23-4-1)69(48-24-5-2-6-25-48)60-42-37-46-20-8-10-27-52(46)67(60)57-41-39-50(44-63(57)69)71(64-36-17-21-45-19-7-9-26-51(45)64)49-38-40-54-53-28-11-13-31-58(53)70(62(54)43-49)59-32-14-16-35-66(59)72-65-34-15-12-29-55(65)56-30-18-33-61(70)68(56)72/h1-44H. The summed E-state index contributed by atoms with van der Waals surface area (Å²) in [6, 6.07) is 101. The highest BCUT2D eigenvalue weighted by Gasteiger charge is 2.51. The van der Waals surface area contributed by atoms with Crippen LogP contribution in [0.15, 0.2) is 267 Å². The fraction of sp³-hybridized carbons (Fsp3) is 0.0286. The number of nitrogens with zero attached hydrogens (tertiary/aromatic N) is 2. The molecule has 2 heterocycles. The van der Waals surface area contributed by atoms with Crippen LogP contribution in [0, 0.1) is 0 Å². The Balaban J connectivity index is 1.01. The Kier molecular flexibility index (Phi) is 8.05. The van der Waals surface area contributed by atoms with Crippen LogP contribution in [0.3, 0.4) is 0 Å². The number of hydrogen-bond donors (Lipinski definition) is 0. The average Bonchev–Trinajstić information content (AvgIpc) is 4.07. The summed E-state index contributed by atoms with van der Waals surface area (Å²) in [6.07, 6.45) is 0. The van der Waals surface area contributed by atoms with Gasteiger partial charge in [-0.15, -0.1) is 0 Å². The van der Waals surface area contributed by atoms with Crippen LogP contribution in [-0.2, 0) is 10.8 Å². The molecular weight excluding hydrogens is 869 g/mol. The van der Waals surface area contributed by atoms with E-state index in [4.69, 9.17) is 0 Å². The SMILES string of the molecule is c1ccc(C2(c3ccccc3)c3cc(N(c4ccc5c(c4)C4(c6ccccc6-5)c5ccccc5-n5c6ccccc6c6cccc4c65)c4cccc5ccccc45)ccc3-c3c2ccc2ccccc32)cc1. The molecule has 0 saturated heterocycles. The first-order valence-corrected chi connectivity index (χ1v) is 25.2. The summed E-state index contributed by atoms with van der Waals surface area (Å²) in [7, 11) is 0. The minimum atomic E-state index is -0.594. The normalized spacial score (nSPS) is 15.4. The molecule has 12 aromatic carbocycles. The van der Waals surface area contributed by atoms with Gasteiger partial charge in [0.25, 0.3) is 0 Å². The zero-order valence-electron chi connectivity index (χ0n) is 39.3. The van der Waals surface area contributed by atoms with Crippen molar-refractivity contribution in [2.24, 2.45) is 0 Å². The number of rotatable bonds is 5. The topological polar surface area (TPSA) is 8.17 Å². The monoisotopic (exact) mass is 912 g/mol. The van der Waals surface area contributed by atoms with Crippen molar-refractivity contribution in [3.8, 4) is 27.9 Å². The van der Waals surface area contributed by atoms with Gasteiger partial charge in [-0.1, -0.05) is 224 Å². The predicted molar refractivity (Wildman–Crippen MR) is 299 cm³/mol. The van der Waals surface area contributed by atoms with Gasteiger partial charge in [0.2, 0.25) is 0 Å². The Labute approximate surface area is 418 Å². The van der Waals surface area contributed by atoms with Crippen LogP contribution in [0.1, 0.15) is 44.5 Å². The second kappa shape index (κ2) is 14.6. The minimum absolute atomic E-state index is 0.593. The van der Waals surface area contributed by atoms with Crippen LogP contribution in [0.25, 0.3) is 71.3 Å². The molecule has 2 aliphatic carbocycles. The molecule has 1 aromatic heterocycles. The lowest BCUT2D eigenvalue weighted by atomic mass is 9.65. The highest BCUT2D eigenvalue weighted by Crippen LogP contribution is 2.63. The lowest BCUT2D eigenvalue weighted by Gasteiger charge is -2.40. The summed E-state index contributed by atoms with van der Waals surface area (Å²) in [6.45, 7) is 0. The fourth-order valence-electron chi connectivity index (χ4n) is 13.9. The number of hydrogen-bond acceptors (Lipinski definition) is 1. The molecule has 0 radical (unpaired) electrons. The predicted octanol–water partition coefficient (Wildman–Crippen LogP) is 17.6. The number of anilines is 3. The van der Waals surface area contributed by atoms with Crippen molar-refractivity contribution in [1.82, 2.24) is 4.57 Å². The molecule has 1 spiro atoms. The average molecular weight is 913 g/mol. The molecule has 0 fully saturated rings. The van der Waals surface area contributed by atoms with Gasteiger partial charge in [0.05, 0.1) is 33.2 Å². The quantitative estimate of drug-likeness (QED) is 0.167. The van der Waals surface area contributed by atoms with E-state index in [1.54, 1.807) is 0 Å². The van der Waals surface area contributed by atoms with Crippen molar-refractivity contribution < 1.29 is 0 Å². The fourth-order valence-corrected chi connectivity index (χ4v) is 13.9. The van der Waals surface area contributed by atoms with E-state index in [1.165, 1.54) is 116 Å². The Morgan fingerprint density at radius 3 is 1.62 bits per heavy atom. The summed E-state index contributed by atoms with van der Waals surface area (Å²) in [5, 5.41) is 7.47. The molecule has 0 amide bonds. The van der Waals surface area contributed by atoms with Crippen LogP contribution in [-0.4, -0.2) is 4.57 Å². The number of aromatic nitrogens is 1. The summed E-state index contributed by atoms with van der Waals surface area (Å²) >= 11 is 0. The van der Waals surface area contributed by atoms with Gasteiger partial charge >= 0.3 is 0 Å². The second-order valence-electron chi connectivity index (χ2n) is 19.9. The third-order valence-electron chi connectivity index (χ3n) is 16.6. The van der Waals surface area contributed by atoms with Crippen molar-refractivity contribution in [1.29, 1.82) is 0 Å². The molecule has 1 aliphatic heterocycles. The van der Waals surface area contributed by atoms with Crippen LogP contribution < -0.4 is 4.90 Å². The summed E-state index contributed by atoms with van der Waals surface area (Å²) in [5.74, 6) is 0. The Hall–Kier alpha value is -9.24. The molecule has 2 heteroatoms. The number of benzene rings is 12. The molecule has 16 rings (SSSR count). The van der Waals surface area contributed by atoms with Crippen molar-refractivity contribution >= 4 is 60.4 Å². The first kappa shape index (κ1) is 39.6. The van der Waals surface area contributed by atoms with Gasteiger partial charge in [0.15, 0.2) is 0 Å². The first-order chi connectivity index (χ1) is 35.7. The molecule has 0 N–H and O–H groups in total. The van der Waals surface area contributed by atoms with Crippen LogP contribution >= 0.6 is 0 Å². The summed E-state index contributed by atoms with van der Waals surface area (Å²) < 4.78 is 2.53.